The van der Waals surface area contributed by atoms with Gasteiger partial charge in [-0.3, -0.25) is 0 Å². The van der Waals surface area contributed by atoms with E-state index in [9.17, 15) is 9.90 Å². The molecule has 0 aliphatic carbocycles. The summed E-state index contributed by atoms with van der Waals surface area (Å²) >= 11 is 0. The molecule has 0 aromatic heterocycles. The Bertz CT molecular complexity index is 422. The van der Waals surface area contributed by atoms with Crippen LogP contribution in [0.25, 0.3) is 0 Å². The largest absolute Gasteiger partial charge is 0.497 e. The number of hydrogen-bond donors (Lipinski definition) is 2. The molecule has 104 valence electrons. The number of aliphatic hydroxyl groups excluding tert-OH is 2. The first kappa shape index (κ1) is 15.2. The molecule has 5 heteroatoms. The molecular formula is C14H18O5. The molecule has 0 saturated carbocycles. The molecule has 0 amide bonds. The third-order valence-electron chi connectivity index (χ3n) is 2.46. The van der Waals surface area contributed by atoms with Gasteiger partial charge in [0.05, 0.1) is 24.9 Å². The Hall–Kier alpha value is -1.85. The van der Waals surface area contributed by atoms with Crippen molar-refractivity contribution in [3.05, 3.63) is 42.0 Å². The average molecular weight is 266 g/mol. The Balaban J connectivity index is 2.42. The summed E-state index contributed by atoms with van der Waals surface area (Å²) in [5.74, 6) is 0.204. The minimum atomic E-state index is -0.959. The zero-order chi connectivity index (χ0) is 14.3. The summed E-state index contributed by atoms with van der Waals surface area (Å²) in [7, 11) is 1.55. The van der Waals surface area contributed by atoms with Crippen molar-refractivity contribution in [1.82, 2.24) is 0 Å². The fraction of sp³-hybridized carbons (Fsp3) is 0.357. The first-order chi connectivity index (χ1) is 9.04. The predicted octanol–water partition coefficient (Wildman–Crippen LogP) is 1.15. The topological polar surface area (TPSA) is 76.0 Å². The molecule has 1 rings (SSSR count). The van der Waals surface area contributed by atoms with Crippen LogP contribution < -0.4 is 4.74 Å². The van der Waals surface area contributed by atoms with Crippen molar-refractivity contribution in [2.24, 2.45) is 0 Å². The second-order valence-corrected chi connectivity index (χ2v) is 3.99. The third-order valence-corrected chi connectivity index (χ3v) is 2.46. The molecule has 0 saturated heterocycles. The van der Waals surface area contributed by atoms with Crippen LogP contribution in [0.15, 0.2) is 36.4 Å². The highest BCUT2D eigenvalue weighted by atomic mass is 16.5. The maximum atomic E-state index is 11.6. The normalized spacial score (nSPS) is 14.1. The molecule has 0 radical (unpaired) electrons. The van der Waals surface area contributed by atoms with E-state index in [4.69, 9.17) is 14.6 Å². The number of esters is 1. The van der Waals surface area contributed by atoms with E-state index in [1.54, 1.807) is 31.4 Å². The summed E-state index contributed by atoms with van der Waals surface area (Å²) in [5.41, 5.74) is 0.422. The van der Waals surface area contributed by atoms with Gasteiger partial charge in [0.1, 0.15) is 12.4 Å². The molecule has 2 N–H and O–H groups in total. The van der Waals surface area contributed by atoms with E-state index in [1.165, 1.54) is 19.1 Å². The zero-order valence-electron chi connectivity index (χ0n) is 10.9. The summed E-state index contributed by atoms with van der Waals surface area (Å²) in [5, 5.41) is 18.3. The minimum absolute atomic E-state index is 0.0364. The number of benzene rings is 1. The SMILES string of the molecule is COc1ccc(C(=O)OC/C=C/[C@@H](O)[C@@H](C)O)cc1. The molecule has 1 aromatic carbocycles. The molecule has 1 aromatic rings. The smallest absolute Gasteiger partial charge is 0.338 e. The molecule has 19 heavy (non-hydrogen) atoms. The number of rotatable bonds is 6. The Morgan fingerprint density at radius 2 is 1.95 bits per heavy atom. The highest BCUT2D eigenvalue weighted by molar-refractivity contribution is 5.89. The fourth-order valence-corrected chi connectivity index (χ4v) is 1.29. The van der Waals surface area contributed by atoms with Crippen LogP contribution in [0.3, 0.4) is 0 Å². The van der Waals surface area contributed by atoms with Crippen LogP contribution in [0.4, 0.5) is 0 Å². The lowest BCUT2D eigenvalue weighted by Gasteiger charge is -2.08. The zero-order valence-corrected chi connectivity index (χ0v) is 10.9. The van der Waals surface area contributed by atoms with Gasteiger partial charge in [-0.15, -0.1) is 0 Å². The number of ether oxygens (including phenoxy) is 2. The predicted molar refractivity (Wildman–Crippen MR) is 70.1 cm³/mol. The van der Waals surface area contributed by atoms with E-state index in [0.717, 1.165) is 0 Å². The van der Waals surface area contributed by atoms with Crippen molar-refractivity contribution in [3.63, 3.8) is 0 Å². The van der Waals surface area contributed by atoms with Crippen LogP contribution in [0.1, 0.15) is 17.3 Å². The lowest BCUT2D eigenvalue weighted by molar-refractivity contribution is 0.0534. The van der Waals surface area contributed by atoms with Gasteiger partial charge in [0.15, 0.2) is 0 Å². The fourth-order valence-electron chi connectivity index (χ4n) is 1.29. The number of methoxy groups -OCH3 is 1. The average Bonchev–Trinajstić information content (AvgIpc) is 2.43. The monoisotopic (exact) mass is 266 g/mol. The molecule has 0 unspecified atom stereocenters. The van der Waals surface area contributed by atoms with Gasteiger partial charge in [0, 0.05) is 0 Å². The van der Waals surface area contributed by atoms with Crippen molar-refractivity contribution in [2.75, 3.05) is 13.7 Å². The Morgan fingerprint density at radius 1 is 1.32 bits per heavy atom. The van der Waals surface area contributed by atoms with Crippen LogP contribution in [0.5, 0.6) is 5.75 Å². The van der Waals surface area contributed by atoms with E-state index in [2.05, 4.69) is 0 Å². The molecule has 0 fully saturated rings. The maximum Gasteiger partial charge on any atom is 0.338 e. The number of aliphatic hydroxyl groups is 2. The van der Waals surface area contributed by atoms with Crippen molar-refractivity contribution in [2.45, 2.75) is 19.1 Å². The Morgan fingerprint density at radius 3 is 2.47 bits per heavy atom. The second kappa shape index (κ2) is 7.56. The molecule has 2 atom stereocenters. The number of hydrogen-bond acceptors (Lipinski definition) is 5. The Labute approximate surface area is 112 Å². The van der Waals surface area contributed by atoms with Gasteiger partial charge < -0.3 is 19.7 Å². The van der Waals surface area contributed by atoms with Gasteiger partial charge >= 0.3 is 5.97 Å². The minimum Gasteiger partial charge on any atom is -0.497 e. The molecule has 0 spiro atoms. The summed E-state index contributed by atoms with van der Waals surface area (Å²) < 4.78 is 9.95. The van der Waals surface area contributed by atoms with Crippen molar-refractivity contribution >= 4 is 5.97 Å². The van der Waals surface area contributed by atoms with E-state index in [1.807, 2.05) is 0 Å². The Kier molecular flexibility index (Phi) is 6.05. The van der Waals surface area contributed by atoms with Crippen molar-refractivity contribution < 1.29 is 24.5 Å². The lowest BCUT2D eigenvalue weighted by atomic mass is 10.2. The van der Waals surface area contributed by atoms with Crippen LogP contribution in [0, 0.1) is 0 Å². The third kappa shape index (κ3) is 5.11. The van der Waals surface area contributed by atoms with E-state index in [0.29, 0.717) is 11.3 Å². The van der Waals surface area contributed by atoms with Gasteiger partial charge in [-0.1, -0.05) is 6.08 Å². The summed E-state index contributed by atoms with van der Waals surface area (Å²) in [6, 6.07) is 6.55. The maximum absolute atomic E-state index is 11.6. The van der Waals surface area contributed by atoms with Gasteiger partial charge in [0.2, 0.25) is 0 Å². The van der Waals surface area contributed by atoms with Gasteiger partial charge in [0.25, 0.3) is 0 Å². The van der Waals surface area contributed by atoms with Gasteiger partial charge in [-0.2, -0.15) is 0 Å². The molecule has 5 nitrogen and oxygen atoms in total. The van der Waals surface area contributed by atoms with Crippen LogP contribution in [0.2, 0.25) is 0 Å². The summed E-state index contributed by atoms with van der Waals surface area (Å²) in [4.78, 5) is 11.6. The first-order valence-electron chi connectivity index (χ1n) is 5.88. The molecular weight excluding hydrogens is 248 g/mol. The molecule has 0 aliphatic rings. The van der Waals surface area contributed by atoms with Crippen LogP contribution in [-0.2, 0) is 4.74 Å². The van der Waals surface area contributed by atoms with E-state index < -0.39 is 18.2 Å². The lowest BCUT2D eigenvalue weighted by Crippen LogP contribution is -2.19. The van der Waals surface area contributed by atoms with Crippen molar-refractivity contribution in [3.8, 4) is 5.75 Å². The highest BCUT2D eigenvalue weighted by Gasteiger charge is 2.07. The highest BCUT2D eigenvalue weighted by Crippen LogP contribution is 2.12. The number of carbonyl (C=O) groups is 1. The first-order valence-corrected chi connectivity index (χ1v) is 5.88. The second-order valence-electron chi connectivity index (χ2n) is 3.99. The molecule has 0 bridgehead atoms. The van der Waals surface area contributed by atoms with Crippen LogP contribution in [-0.4, -0.2) is 42.1 Å². The molecule has 0 aliphatic heterocycles. The van der Waals surface area contributed by atoms with Crippen molar-refractivity contribution in [1.29, 1.82) is 0 Å². The molecule has 0 heterocycles. The quantitative estimate of drug-likeness (QED) is 0.596. The summed E-state index contributed by atoms with van der Waals surface area (Å²) in [6.07, 6.45) is 1.05. The van der Waals surface area contributed by atoms with Gasteiger partial charge in [-0.25, -0.2) is 4.79 Å². The standard InChI is InChI=1S/C14H18O5/c1-10(15)13(16)4-3-9-19-14(17)11-5-7-12(18-2)8-6-11/h3-8,10,13,15-16H,9H2,1-2H3/b4-3+/t10-,13-/m1/s1. The van der Waals surface area contributed by atoms with Crippen LogP contribution >= 0.6 is 0 Å². The van der Waals surface area contributed by atoms with E-state index in [-0.39, 0.29) is 6.61 Å². The summed E-state index contributed by atoms with van der Waals surface area (Å²) in [6.45, 7) is 1.51. The number of carbonyl (C=O) groups excluding carboxylic acids is 1. The van der Waals surface area contributed by atoms with E-state index >= 15 is 0 Å². The van der Waals surface area contributed by atoms with Gasteiger partial charge in [-0.05, 0) is 37.3 Å².